The number of rotatable bonds is 4. The maximum atomic E-state index is 5.85. The van der Waals surface area contributed by atoms with Gasteiger partial charge in [-0.3, -0.25) is 10.4 Å². The van der Waals surface area contributed by atoms with Crippen molar-refractivity contribution in [3.05, 3.63) is 34.9 Å². The molecule has 0 radical (unpaired) electrons. The number of hydrazine groups is 1. The summed E-state index contributed by atoms with van der Waals surface area (Å²) in [6.07, 6.45) is 5.88. The molecular weight excluding hydrogens is 260 g/mol. The van der Waals surface area contributed by atoms with Crippen LogP contribution < -0.4 is 16.6 Å². The maximum Gasteiger partial charge on any atom is 0.205 e. The van der Waals surface area contributed by atoms with Crippen LogP contribution >= 0.6 is 11.6 Å². The van der Waals surface area contributed by atoms with Crippen LogP contribution in [0.25, 0.3) is 0 Å². The molecule has 0 atom stereocenters. The molecule has 1 aromatic rings. The first-order valence-electron chi connectivity index (χ1n) is 6.80. The van der Waals surface area contributed by atoms with Crippen molar-refractivity contribution >= 4 is 17.6 Å². The molecule has 5 heteroatoms. The van der Waals surface area contributed by atoms with Crippen LogP contribution in [0.1, 0.15) is 31.2 Å². The quantitative estimate of drug-likeness (QED) is 0.343. The largest absolute Gasteiger partial charge is 0.353 e. The Labute approximate surface area is 119 Å². The summed E-state index contributed by atoms with van der Waals surface area (Å²) in [5.74, 6) is 6.18. The molecule has 4 N–H and O–H groups in total. The molecule has 0 aliphatic heterocycles. The predicted octanol–water partition coefficient (Wildman–Crippen LogP) is 2.23. The molecule has 1 aliphatic rings. The molecule has 1 fully saturated rings. The summed E-state index contributed by atoms with van der Waals surface area (Å²) in [5, 5.41) is 4.12. The van der Waals surface area contributed by atoms with E-state index in [0.717, 1.165) is 11.4 Å². The molecule has 1 aromatic carbocycles. The number of nitrogens with two attached hydrogens (primary N) is 1. The van der Waals surface area contributed by atoms with Crippen LogP contribution in [0.4, 0.5) is 0 Å². The van der Waals surface area contributed by atoms with Crippen LogP contribution in [0.3, 0.4) is 0 Å². The van der Waals surface area contributed by atoms with E-state index in [0.29, 0.717) is 18.5 Å². The predicted molar refractivity (Wildman–Crippen MR) is 80.2 cm³/mol. The minimum atomic E-state index is 0.519. The summed E-state index contributed by atoms with van der Waals surface area (Å²) in [4.78, 5) is 4.46. The highest BCUT2D eigenvalue weighted by molar-refractivity contribution is 6.30. The summed E-state index contributed by atoms with van der Waals surface area (Å²) in [7, 11) is 0. The van der Waals surface area contributed by atoms with Crippen molar-refractivity contribution in [1.29, 1.82) is 0 Å². The SMILES string of the molecule is NNC(=NCCc1ccc(Cl)cc1)NC1CCCC1. The van der Waals surface area contributed by atoms with Gasteiger partial charge in [-0.25, -0.2) is 5.84 Å². The summed E-state index contributed by atoms with van der Waals surface area (Å²) in [6.45, 7) is 0.709. The number of hydrogen-bond donors (Lipinski definition) is 3. The van der Waals surface area contributed by atoms with E-state index in [1.54, 1.807) is 0 Å². The second-order valence-electron chi connectivity index (χ2n) is 4.88. The van der Waals surface area contributed by atoms with E-state index in [-0.39, 0.29) is 0 Å². The van der Waals surface area contributed by atoms with Gasteiger partial charge in [-0.1, -0.05) is 36.6 Å². The molecule has 104 valence electrons. The number of halogens is 1. The van der Waals surface area contributed by atoms with Gasteiger partial charge in [0, 0.05) is 17.6 Å². The van der Waals surface area contributed by atoms with Crippen molar-refractivity contribution in [2.45, 2.75) is 38.1 Å². The number of guanidine groups is 1. The van der Waals surface area contributed by atoms with E-state index in [1.165, 1.54) is 31.2 Å². The molecule has 0 aromatic heterocycles. The van der Waals surface area contributed by atoms with Crippen molar-refractivity contribution in [2.24, 2.45) is 10.8 Å². The normalized spacial score (nSPS) is 16.6. The molecule has 19 heavy (non-hydrogen) atoms. The van der Waals surface area contributed by atoms with Gasteiger partial charge >= 0.3 is 0 Å². The highest BCUT2D eigenvalue weighted by Crippen LogP contribution is 2.17. The van der Waals surface area contributed by atoms with E-state index in [1.807, 2.05) is 24.3 Å². The van der Waals surface area contributed by atoms with Crippen molar-refractivity contribution in [2.75, 3.05) is 6.54 Å². The number of nitrogens with zero attached hydrogens (tertiary/aromatic N) is 1. The summed E-state index contributed by atoms with van der Waals surface area (Å²) < 4.78 is 0. The fourth-order valence-electron chi connectivity index (χ4n) is 2.34. The third-order valence-corrected chi connectivity index (χ3v) is 3.67. The second kappa shape index (κ2) is 7.36. The molecule has 0 bridgehead atoms. The van der Waals surface area contributed by atoms with Gasteiger partial charge in [0.05, 0.1) is 0 Å². The molecule has 0 spiro atoms. The highest BCUT2D eigenvalue weighted by atomic mass is 35.5. The number of nitrogens with one attached hydrogen (secondary N) is 2. The molecule has 4 nitrogen and oxygen atoms in total. The van der Waals surface area contributed by atoms with Crippen LogP contribution in [-0.4, -0.2) is 18.5 Å². The lowest BCUT2D eigenvalue weighted by atomic mass is 10.1. The summed E-state index contributed by atoms with van der Waals surface area (Å²) in [6, 6.07) is 8.37. The third-order valence-electron chi connectivity index (χ3n) is 3.42. The first-order chi connectivity index (χ1) is 9.28. The molecule has 0 amide bonds. The van der Waals surface area contributed by atoms with Crippen LogP contribution in [-0.2, 0) is 6.42 Å². The first-order valence-corrected chi connectivity index (χ1v) is 7.18. The van der Waals surface area contributed by atoms with Gasteiger partial charge in [0.1, 0.15) is 0 Å². The van der Waals surface area contributed by atoms with Gasteiger partial charge in [0.25, 0.3) is 0 Å². The number of benzene rings is 1. The molecule has 0 heterocycles. The molecular formula is C14H21ClN4. The fourth-order valence-corrected chi connectivity index (χ4v) is 2.47. The Morgan fingerprint density at radius 1 is 1.26 bits per heavy atom. The summed E-state index contributed by atoms with van der Waals surface area (Å²) in [5.41, 5.74) is 3.87. The average molecular weight is 281 g/mol. The Hall–Kier alpha value is -1.26. The Bertz CT molecular complexity index is 410. The van der Waals surface area contributed by atoms with Crippen molar-refractivity contribution in [3.63, 3.8) is 0 Å². The Morgan fingerprint density at radius 3 is 2.58 bits per heavy atom. The minimum Gasteiger partial charge on any atom is -0.353 e. The van der Waals surface area contributed by atoms with Crippen LogP contribution in [0.2, 0.25) is 5.02 Å². The van der Waals surface area contributed by atoms with Gasteiger partial charge in [-0.05, 0) is 37.0 Å². The Morgan fingerprint density at radius 2 is 1.95 bits per heavy atom. The van der Waals surface area contributed by atoms with Crippen molar-refractivity contribution in [3.8, 4) is 0 Å². The average Bonchev–Trinajstić information content (AvgIpc) is 2.93. The van der Waals surface area contributed by atoms with Crippen LogP contribution in [0.5, 0.6) is 0 Å². The van der Waals surface area contributed by atoms with Gasteiger partial charge in [0.15, 0.2) is 0 Å². The Kier molecular flexibility index (Phi) is 5.48. The molecule has 1 saturated carbocycles. The fraction of sp³-hybridized carbons (Fsp3) is 0.500. The van der Waals surface area contributed by atoms with E-state index in [2.05, 4.69) is 15.7 Å². The molecule has 0 unspecified atom stereocenters. The van der Waals surface area contributed by atoms with Crippen LogP contribution in [0, 0.1) is 0 Å². The lowest BCUT2D eigenvalue weighted by molar-refractivity contribution is 0.614. The lowest BCUT2D eigenvalue weighted by Crippen LogP contribution is -2.45. The topological polar surface area (TPSA) is 62.4 Å². The van der Waals surface area contributed by atoms with Crippen molar-refractivity contribution in [1.82, 2.24) is 10.7 Å². The molecule has 1 aliphatic carbocycles. The maximum absolute atomic E-state index is 5.85. The van der Waals surface area contributed by atoms with E-state index >= 15 is 0 Å². The van der Waals surface area contributed by atoms with E-state index in [9.17, 15) is 0 Å². The number of hydrogen-bond acceptors (Lipinski definition) is 2. The van der Waals surface area contributed by atoms with E-state index < -0.39 is 0 Å². The monoisotopic (exact) mass is 280 g/mol. The van der Waals surface area contributed by atoms with Gasteiger partial charge in [0.2, 0.25) is 5.96 Å². The second-order valence-corrected chi connectivity index (χ2v) is 5.31. The Balaban J connectivity index is 1.80. The van der Waals surface area contributed by atoms with Gasteiger partial charge < -0.3 is 5.32 Å². The third kappa shape index (κ3) is 4.73. The van der Waals surface area contributed by atoms with Gasteiger partial charge in [-0.2, -0.15) is 0 Å². The zero-order valence-electron chi connectivity index (χ0n) is 11.0. The summed E-state index contributed by atoms with van der Waals surface area (Å²) >= 11 is 5.85. The van der Waals surface area contributed by atoms with E-state index in [4.69, 9.17) is 17.4 Å². The highest BCUT2D eigenvalue weighted by Gasteiger charge is 2.15. The smallest absolute Gasteiger partial charge is 0.205 e. The van der Waals surface area contributed by atoms with Crippen molar-refractivity contribution < 1.29 is 0 Å². The van der Waals surface area contributed by atoms with Gasteiger partial charge in [-0.15, -0.1) is 0 Å². The minimum absolute atomic E-state index is 0.519. The zero-order valence-corrected chi connectivity index (χ0v) is 11.8. The first kappa shape index (κ1) is 14.2. The van der Waals surface area contributed by atoms with Crippen LogP contribution in [0.15, 0.2) is 29.3 Å². The number of aliphatic imine (C=N–C) groups is 1. The standard InChI is InChI=1S/C14H21ClN4/c15-12-7-5-11(6-8-12)9-10-17-14(19-16)18-13-3-1-2-4-13/h5-8,13H,1-4,9-10,16H2,(H2,17,18,19). The molecule has 0 saturated heterocycles. The zero-order chi connectivity index (χ0) is 13.5. The molecule has 2 rings (SSSR count). The lowest BCUT2D eigenvalue weighted by Gasteiger charge is -2.14.